The van der Waals surface area contributed by atoms with Crippen LogP contribution in [0, 0.1) is 0 Å². The van der Waals surface area contributed by atoms with E-state index in [0.29, 0.717) is 31.9 Å². The standard InChI is InChI=1S/C14H22N4O5S/c1-14(2)8-10(9-18(14)13(19)20)23-7-6-16-11-4-3-5-12(17-11)24(15,21)22/h3-5,10H,6-9H2,1-2H3,(H,16,17)(H,19,20)(H2,15,21,22)/t10-/m0/s1. The van der Waals surface area contributed by atoms with E-state index in [1.165, 1.54) is 11.0 Å². The molecule has 0 aliphatic carbocycles. The maximum Gasteiger partial charge on any atom is 0.407 e. The Labute approximate surface area is 140 Å². The molecule has 24 heavy (non-hydrogen) atoms. The molecule has 0 aromatic carbocycles. The van der Waals surface area contributed by atoms with Gasteiger partial charge < -0.3 is 20.1 Å². The van der Waals surface area contributed by atoms with E-state index in [2.05, 4.69) is 10.3 Å². The Morgan fingerprint density at radius 1 is 1.54 bits per heavy atom. The van der Waals surface area contributed by atoms with Gasteiger partial charge in [0.1, 0.15) is 5.82 Å². The van der Waals surface area contributed by atoms with Crippen LogP contribution in [0.4, 0.5) is 10.6 Å². The number of nitrogens with one attached hydrogen (secondary N) is 1. The van der Waals surface area contributed by atoms with Gasteiger partial charge in [0.2, 0.25) is 0 Å². The Morgan fingerprint density at radius 2 is 2.25 bits per heavy atom. The van der Waals surface area contributed by atoms with Crippen molar-refractivity contribution in [2.24, 2.45) is 5.14 Å². The highest BCUT2D eigenvalue weighted by Crippen LogP contribution is 2.30. The Balaban J connectivity index is 1.81. The number of likely N-dealkylation sites (tertiary alicyclic amines) is 1. The van der Waals surface area contributed by atoms with Crippen molar-refractivity contribution >= 4 is 21.9 Å². The number of primary sulfonamides is 1. The molecule has 0 unspecified atom stereocenters. The number of rotatable bonds is 6. The second kappa shape index (κ2) is 6.91. The molecule has 0 spiro atoms. The highest BCUT2D eigenvalue weighted by atomic mass is 32.2. The zero-order chi connectivity index (χ0) is 18.0. The summed E-state index contributed by atoms with van der Waals surface area (Å²) in [6.07, 6.45) is -0.492. The molecular weight excluding hydrogens is 336 g/mol. The molecule has 0 bridgehead atoms. The first kappa shape index (κ1) is 18.4. The summed E-state index contributed by atoms with van der Waals surface area (Å²) in [6, 6.07) is 4.48. The minimum atomic E-state index is -3.84. The van der Waals surface area contributed by atoms with E-state index >= 15 is 0 Å². The van der Waals surface area contributed by atoms with E-state index in [0.717, 1.165) is 0 Å². The average Bonchev–Trinajstić information content (AvgIpc) is 2.78. The van der Waals surface area contributed by atoms with Gasteiger partial charge in [-0.15, -0.1) is 0 Å². The van der Waals surface area contributed by atoms with Crippen LogP contribution in [0.1, 0.15) is 20.3 Å². The van der Waals surface area contributed by atoms with Crippen LogP contribution in [0.2, 0.25) is 0 Å². The van der Waals surface area contributed by atoms with Gasteiger partial charge in [0.25, 0.3) is 10.0 Å². The maximum atomic E-state index is 11.2. The monoisotopic (exact) mass is 358 g/mol. The molecule has 1 aromatic rings. The minimum Gasteiger partial charge on any atom is -0.465 e. The normalized spacial score (nSPS) is 20.1. The minimum absolute atomic E-state index is 0.165. The van der Waals surface area contributed by atoms with Gasteiger partial charge in [-0.3, -0.25) is 0 Å². The second-order valence-corrected chi connectivity index (χ2v) is 7.74. The topological polar surface area (TPSA) is 135 Å². The van der Waals surface area contributed by atoms with Crippen LogP contribution in [0.3, 0.4) is 0 Å². The fourth-order valence-corrected chi connectivity index (χ4v) is 3.20. The van der Waals surface area contributed by atoms with Crippen LogP contribution in [-0.2, 0) is 14.8 Å². The van der Waals surface area contributed by atoms with Crippen molar-refractivity contribution < 1.29 is 23.1 Å². The first-order chi connectivity index (χ1) is 11.1. The number of hydrogen-bond acceptors (Lipinski definition) is 6. The number of hydrogen-bond donors (Lipinski definition) is 3. The lowest BCUT2D eigenvalue weighted by Gasteiger charge is -2.27. The lowest BCUT2D eigenvalue weighted by Crippen LogP contribution is -2.41. The molecule has 1 aromatic heterocycles. The van der Waals surface area contributed by atoms with Crippen LogP contribution in [0.5, 0.6) is 0 Å². The summed E-state index contributed by atoms with van der Waals surface area (Å²) >= 11 is 0. The highest BCUT2D eigenvalue weighted by Gasteiger charge is 2.41. The first-order valence-electron chi connectivity index (χ1n) is 7.45. The van der Waals surface area contributed by atoms with Crippen molar-refractivity contribution in [1.82, 2.24) is 9.88 Å². The van der Waals surface area contributed by atoms with Gasteiger partial charge >= 0.3 is 6.09 Å². The number of amides is 1. The van der Waals surface area contributed by atoms with Crippen molar-refractivity contribution in [3.8, 4) is 0 Å². The molecule has 0 saturated carbocycles. The predicted molar refractivity (Wildman–Crippen MR) is 87.3 cm³/mol. The lowest BCUT2D eigenvalue weighted by atomic mass is 10.0. The van der Waals surface area contributed by atoms with Crippen LogP contribution in [-0.4, -0.2) is 60.8 Å². The van der Waals surface area contributed by atoms with Gasteiger partial charge in [0.05, 0.1) is 19.3 Å². The molecule has 1 atom stereocenters. The summed E-state index contributed by atoms with van der Waals surface area (Å²) in [7, 11) is -3.84. The van der Waals surface area contributed by atoms with Gasteiger partial charge in [-0.1, -0.05) is 6.07 Å². The van der Waals surface area contributed by atoms with E-state index in [1.807, 2.05) is 13.8 Å². The number of aromatic nitrogens is 1. The summed E-state index contributed by atoms with van der Waals surface area (Å²) in [5.41, 5.74) is -0.449. The van der Waals surface area contributed by atoms with Gasteiger partial charge in [-0.05, 0) is 32.4 Å². The molecule has 2 rings (SSSR count). The fourth-order valence-electron chi connectivity index (χ4n) is 2.71. The number of nitrogens with two attached hydrogens (primary N) is 1. The third-order valence-electron chi connectivity index (χ3n) is 3.85. The second-order valence-electron chi connectivity index (χ2n) is 6.24. The van der Waals surface area contributed by atoms with Crippen molar-refractivity contribution in [2.45, 2.75) is 36.9 Å². The summed E-state index contributed by atoms with van der Waals surface area (Å²) < 4.78 is 28.2. The Morgan fingerprint density at radius 3 is 2.83 bits per heavy atom. The molecule has 2 heterocycles. The molecule has 1 aliphatic rings. The molecule has 134 valence electrons. The Bertz CT molecular complexity index is 707. The van der Waals surface area contributed by atoms with Gasteiger partial charge in [-0.2, -0.15) is 0 Å². The number of pyridine rings is 1. The summed E-state index contributed by atoms with van der Waals surface area (Å²) in [4.78, 5) is 16.5. The number of carboxylic acid groups (broad SMARTS) is 1. The summed E-state index contributed by atoms with van der Waals surface area (Å²) in [6.45, 7) is 4.82. The summed E-state index contributed by atoms with van der Waals surface area (Å²) in [5, 5.41) is 16.9. The third-order valence-corrected chi connectivity index (χ3v) is 4.66. The molecule has 4 N–H and O–H groups in total. The van der Waals surface area contributed by atoms with Crippen molar-refractivity contribution in [1.29, 1.82) is 0 Å². The molecule has 9 nitrogen and oxygen atoms in total. The number of sulfonamides is 1. The van der Waals surface area contributed by atoms with Crippen molar-refractivity contribution in [3.63, 3.8) is 0 Å². The maximum absolute atomic E-state index is 11.2. The van der Waals surface area contributed by atoms with E-state index in [9.17, 15) is 13.2 Å². The number of nitrogens with zero attached hydrogens (tertiary/aromatic N) is 2. The quantitative estimate of drug-likeness (QED) is 0.637. The number of ether oxygens (including phenoxy) is 1. The van der Waals surface area contributed by atoms with Crippen LogP contribution in [0.25, 0.3) is 0 Å². The molecule has 0 radical (unpaired) electrons. The van der Waals surface area contributed by atoms with Crippen LogP contribution < -0.4 is 10.5 Å². The largest absolute Gasteiger partial charge is 0.465 e. The number of anilines is 1. The highest BCUT2D eigenvalue weighted by molar-refractivity contribution is 7.89. The van der Waals surface area contributed by atoms with Gasteiger partial charge in [0.15, 0.2) is 5.03 Å². The van der Waals surface area contributed by atoms with E-state index < -0.39 is 21.7 Å². The van der Waals surface area contributed by atoms with E-state index in [-0.39, 0.29) is 11.1 Å². The Hall–Kier alpha value is -1.91. The lowest BCUT2D eigenvalue weighted by molar-refractivity contribution is 0.0655. The first-order valence-corrected chi connectivity index (χ1v) is 9.00. The predicted octanol–water partition coefficient (Wildman–Crippen LogP) is 0.688. The zero-order valence-corrected chi connectivity index (χ0v) is 14.4. The molecular formula is C14H22N4O5S. The molecule has 1 aliphatic heterocycles. The fraction of sp³-hybridized carbons (Fsp3) is 0.571. The smallest absolute Gasteiger partial charge is 0.407 e. The van der Waals surface area contributed by atoms with E-state index in [4.69, 9.17) is 15.0 Å². The third kappa shape index (κ3) is 4.56. The molecule has 1 saturated heterocycles. The number of carbonyl (C=O) groups is 1. The molecule has 1 amide bonds. The molecule has 1 fully saturated rings. The van der Waals surface area contributed by atoms with Gasteiger partial charge in [-0.25, -0.2) is 23.3 Å². The van der Waals surface area contributed by atoms with Crippen molar-refractivity contribution in [2.75, 3.05) is 25.0 Å². The molecule has 10 heteroatoms. The summed E-state index contributed by atoms with van der Waals surface area (Å²) in [5.74, 6) is 0.379. The van der Waals surface area contributed by atoms with Crippen molar-refractivity contribution in [3.05, 3.63) is 18.2 Å². The van der Waals surface area contributed by atoms with Crippen LogP contribution in [0.15, 0.2) is 23.2 Å². The Kier molecular flexibility index (Phi) is 5.31. The van der Waals surface area contributed by atoms with Crippen LogP contribution >= 0.6 is 0 Å². The zero-order valence-electron chi connectivity index (χ0n) is 13.6. The van der Waals surface area contributed by atoms with Gasteiger partial charge in [0, 0.05) is 12.1 Å². The average molecular weight is 358 g/mol. The SMILES string of the molecule is CC1(C)C[C@H](OCCNc2cccc(S(N)(=O)=O)n2)CN1C(=O)O. The van der Waals surface area contributed by atoms with E-state index in [1.54, 1.807) is 12.1 Å².